The second-order valence-electron chi connectivity index (χ2n) is 7.52. The zero-order valence-electron chi connectivity index (χ0n) is 15.7. The Balaban J connectivity index is 1.54. The van der Waals surface area contributed by atoms with Gasteiger partial charge in [0.2, 0.25) is 0 Å². The van der Waals surface area contributed by atoms with Crippen molar-refractivity contribution in [1.82, 2.24) is 9.47 Å². The van der Waals surface area contributed by atoms with Crippen LogP contribution >= 0.6 is 0 Å². The molecule has 1 aromatic carbocycles. The number of benzene rings is 1. The van der Waals surface area contributed by atoms with E-state index < -0.39 is 31.4 Å². The fourth-order valence-electron chi connectivity index (χ4n) is 4.45. The van der Waals surface area contributed by atoms with Gasteiger partial charge in [0.1, 0.15) is 18.6 Å². The zero-order valence-corrected chi connectivity index (χ0v) is 15.7. The minimum atomic E-state index is -2.61. The molecule has 0 N–H and O–H groups in total. The van der Waals surface area contributed by atoms with Gasteiger partial charge in [0.25, 0.3) is 6.43 Å². The number of hydrogen-bond donors (Lipinski definition) is 0. The summed E-state index contributed by atoms with van der Waals surface area (Å²) in [5, 5.41) is 0.244. The van der Waals surface area contributed by atoms with Crippen LogP contribution < -0.4 is 0 Å². The Kier molecular flexibility index (Phi) is 5.78. The number of halogens is 4. The van der Waals surface area contributed by atoms with Crippen molar-refractivity contribution in [3.8, 4) is 0 Å². The first-order chi connectivity index (χ1) is 14.0. The number of hydrogen-bond acceptors (Lipinski definition) is 4. The highest BCUT2D eigenvalue weighted by molar-refractivity contribution is 6.04. The maximum atomic E-state index is 13.7. The molecule has 0 radical (unpaired) electrons. The van der Waals surface area contributed by atoms with E-state index in [-0.39, 0.29) is 29.1 Å². The van der Waals surface area contributed by atoms with Crippen molar-refractivity contribution in [1.29, 1.82) is 0 Å². The molecule has 2 aromatic rings. The molecule has 0 spiro atoms. The summed E-state index contributed by atoms with van der Waals surface area (Å²) in [7, 11) is 0. The molecule has 3 atom stereocenters. The van der Waals surface area contributed by atoms with Crippen molar-refractivity contribution in [3.63, 3.8) is 0 Å². The summed E-state index contributed by atoms with van der Waals surface area (Å²) in [4.78, 5) is 14.9. The van der Waals surface area contributed by atoms with Crippen LogP contribution in [0.25, 0.3) is 10.9 Å². The highest BCUT2D eigenvalue weighted by Gasteiger charge is 2.40. The summed E-state index contributed by atoms with van der Waals surface area (Å²) >= 11 is 0. The van der Waals surface area contributed by atoms with Crippen LogP contribution in [0.1, 0.15) is 23.2 Å². The maximum Gasteiger partial charge on any atom is 0.340 e. The number of aromatic nitrogens is 1. The van der Waals surface area contributed by atoms with Crippen LogP contribution in [0, 0.1) is 5.82 Å². The Morgan fingerprint density at radius 1 is 1.24 bits per heavy atom. The fourth-order valence-corrected chi connectivity index (χ4v) is 4.45. The van der Waals surface area contributed by atoms with Gasteiger partial charge in [-0.1, -0.05) is 0 Å². The van der Waals surface area contributed by atoms with E-state index in [1.165, 1.54) is 22.9 Å². The zero-order chi connectivity index (χ0) is 20.5. The summed E-state index contributed by atoms with van der Waals surface area (Å²) in [5.41, 5.74) is 0.412. The SMILES string of the molecule is O=C(OC1C[C@H]2COC[C@@H](C1)N2CCF)c1cn(CC(F)F)c2ccc(F)cc12. The third-order valence-corrected chi connectivity index (χ3v) is 5.64. The number of fused-ring (bicyclic) bond motifs is 3. The Morgan fingerprint density at radius 3 is 2.62 bits per heavy atom. The molecule has 3 heterocycles. The number of piperidine rings is 1. The van der Waals surface area contributed by atoms with Crippen LogP contribution in [0.5, 0.6) is 0 Å². The molecule has 29 heavy (non-hydrogen) atoms. The van der Waals surface area contributed by atoms with Crippen molar-refractivity contribution in [3.05, 3.63) is 35.8 Å². The highest BCUT2D eigenvalue weighted by atomic mass is 19.3. The second-order valence-corrected chi connectivity index (χ2v) is 7.52. The summed E-state index contributed by atoms with van der Waals surface area (Å²) in [6, 6.07) is 3.63. The Morgan fingerprint density at radius 2 is 1.97 bits per heavy atom. The Hall–Kier alpha value is -2.13. The van der Waals surface area contributed by atoms with Gasteiger partial charge >= 0.3 is 5.97 Å². The summed E-state index contributed by atoms with van der Waals surface area (Å²) in [6.45, 7) is 0.165. The van der Waals surface area contributed by atoms with Gasteiger partial charge in [-0.25, -0.2) is 22.4 Å². The van der Waals surface area contributed by atoms with E-state index in [0.717, 1.165) is 6.07 Å². The number of morpholine rings is 1. The molecule has 9 heteroatoms. The predicted octanol–water partition coefficient (Wildman–Crippen LogP) is 3.40. The number of rotatable bonds is 6. The molecule has 1 aromatic heterocycles. The first kappa shape index (κ1) is 20.2. The Labute approximate surface area is 165 Å². The van der Waals surface area contributed by atoms with Gasteiger partial charge in [-0.15, -0.1) is 0 Å². The third-order valence-electron chi connectivity index (χ3n) is 5.64. The first-order valence-electron chi connectivity index (χ1n) is 9.63. The average molecular weight is 414 g/mol. The van der Waals surface area contributed by atoms with Gasteiger partial charge in [-0.2, -0.15) is 0 Å². The normalized spacial score (nSPS) is 24.9. The minimum Gasteiger partial charge on any atom is -0.459 e. The number of esters is 1. The number of carbonyl (C=O) groups is 1. The van der Waals surface area contributed by atoms with Crippen molar-refractivity contribution < 1.29 is 31.8 Å². The fraction of sp³-hybridized carbons (Fsp3) is 0.550. The Bertz CT molecular complexity index is 874. The van der Waals surface area contributed by atoms with Crippen LogP contribution in [0.4, 0.5) is 17.6 Å². The van der Waals surface area contributed by atoms with Crippen LogP contribution in [0.3, 0.4) is 0 Å². The number of alkyl halides is 3. The molecule has 2 aliphatic heterocycles. The van der Waals surface area contributed by atoms with Crippen molar-refractivity contribution in [2.24, 2.45) is 0 Å². The molecule has 2 aliphatic rings. The van der Waals surface area contributed by atoms with Gasteiger partial charge in [0.15, 0.2) is 0 Å². The molecule has 0 saturated carbocycles. The molecule has 1 unspecified atom stereocenters. The number of ether oxygens (including phenoxy) is 2. The molecule has 0 aliphatic carbocycles. The van der Waals surface area contributed by atoms with Crippen molar-refractivity contribution in [2.45, 2.75) is 44.0 Å². The minimum absolute atomic E-state index is 0.0336. The van der Waals surface area contributed by atoms with Gasteiger partial charge in [-0.3, -0.25) is 4.90 Å². The summed E-state index contributed by atoms with van der Waals surface area (Å²) in [5.74, 6) is -1.23. The lowest BCUT2D eigenvalue weighted by Crippen LogP contribution is -2.59. The molecule has 4 rings (SSSR count). The average Bonchev–Trinajstić information content (AvgIpc) is 2.99. The summed E-state index contributed by atoms with van der Waals surface area (Å²) in [6.07, 6.45) is -0.697. The van der Waals surface area contributed by atoms with Gasteiger partial charge in [0, 0.05) is 48.6 Å². The van der Waals surface area contributed by atoms with E-state index in [1.54, 1.807) is 0 Å². The topological polar surface area (TPSA) is 43.7 Å². The first-order valence-corrected chi connectivity index (χ1v) is 9.63. The molecule has 2 saturated heterocycles. The molecule has 2 bridgehead atoms. The molecular formula is C20H22F4N2O3. The van der Waals surface area contributed by atoms with E-state index >= 15 is 0 Å². The van der Waals surface area contributed by atoms with Crippen molar-refractivity contribution in [2.75, 3.05) is 26.4 Å². The lowest BCUT2D eigenvalue weighted by atomic mass is 9.92. The molecule has 158 valence electrons. The van der Waals surface area contributed by atoms with Crippen LogP contribution in [0.15, 0.2) is 24.4 Å². The lowest BCUT2D eigenvalue weighted by molar-refractivity contribution is -0.108. The highest BCUT2D eigenvalue weighted by Crippen LogP contribution is 2.31. The van der Waals surface area contributed by atoms with Gasteiger partial charge in [0.05, 0.1) is 25.3 Å². The lowest BCUT2D eigenvalue weighted by Gasteiger charge is -2.47. The second kappa shape index (κ2) is 8.31. The molecule has 0 amide bonds. The third kappa shape index (κ3) is 4.11. The standard InChI is InChI=1S/C20H22F4N2O3/c21-3-4-26-13-6-15(7-14(26)11-28-10-13)29-20(27)17-8-25(9-19(23)24)18-2-1-12(22)5-16(17)18/h1-2,5,8,13-15,19H,3-4,6-7,9-11H2/t13-,14+,15?. The largest absolute Gasteiger partial charge is 0.459 e. The van der Waals surface area contributed by atoms with Crippen molar-refractivity contribution >= 4 is 16.9 Å². The quantitative estimate of drug-likeness (QED) is 0.537. The van der Waals surface area contributed by atoms with Gasteiger partial charge in [-0.05, 0) is 18.2 Å². The van der Waals surface area contributed by atoms with E-state index in [4.69, 9.17) is 9.47 Å². The molecule has 5 nitrogen and oxygen atoms in total. The van der Waals surface area contributed by atoms with E-state index in [2.05, 4.69) is 4.90 Å². The monoisotopic (exact) mass is 414 g/mol. The predicted molar refractivity (Wildman–Crippen MR) is 97.4 cm³/mol. The van der Waals surface area contributed by atoms with E-state index in [9.17, 15) is 22.4 Å². The van der Waals surface area contributed by atoms with Crippen LogP contribution in [0.2, 0.25) is 0 Å². The maximum absolute atomic E-state index is 13.7. The molecule has 2 fully saturated rings. The van der Waals surface area contributed by atoms with Crippen LogP contribution in [-0.4, -0.2) is 66.5 Å². The van der Waals surface area contributed by atoms with Crippen LogP contribution in [-0.2, 0) is 16.0 Å². The molecular weight excluding hydrogens is 392 g/mol. The summed E-state index contributed by atoms with van der Waals surface area (Å²) < 4.78 is 64.8. The van der Waals surface area contributed by atoms with E-state index in [1.807, 2.05) is 0 Å². The van der Waals surface area contributed by atoms with E-state index in [0.29, 0.717) is 38.1 Å². The number of nitrogens with zero attached hydrogens (tertiary/aromatic N) is 2. The van der Waals surface area contributed by atoms with Gasteiger partial charge < -0.3 is 14.0 Å². The number of carbonyl (C=O) groups excluding carboxylic acids is 1. The smallest absolute Gasteiger partial charge is 0.340 e.